The van der Waals surface area contributed by atoms with Gasteiger partial charge in [0.2, 0.25) is 0 Å². The van der Waals surface area contributed by atoms with Gasteiger partial charge in [0, 0.05) is 34.7 Å². The van der Waals surface area contributed by atoms with Crippen molar-refractivity contribution in [1.29, 1.82) is 0 Å². The van der Waals surface area contributed by atoms with E-state index in [0.29, 0.717) is 6.42 Å². The molecule has 0 amide bonds. The number of cyclic esters (lactones) is 1. The number of carbonyl (C=O) groups excluding carboxylic acids is 3. The predicted octanol–water partition coefficient (Wildman–Crippen LogP) is 4.10. The molecular formula is C30H38O9. The lowest BCUT2D eigenvalue weighted by atomic mass is 9.37. The van der Waals surface area contributed by atoms with Crippen LogP contribution in [0, 0.1) is 39.9 Å². The van der Waals surface area contributed by atoms with Crippen LogP contribution in [0.15, 0.2) is 34.7 Å². The van der Waals surface area contributed by atoms with Crippen molar-refractivity contribution in [2.24, 2.45) is 39.9 Å². The van der Waals surface area contributed by atoms with Crippen molar-refractivity contribution in [2.75, 3.05) is 13.7 Å². The summed E-state index contributed by atoms with van der Waals surface area (Å²) in [5.41, 5.74) is -0.126. The molecule has 3 aliphatic heterocycles. The molecule has 0 radical (unpaired) electrons. The third kappa shape index (κ3) is 3.35. The molecule has 3 aliphatic carbocycles. The molecule has 1 N–H and O–H groups in total. The van der Waals surface area contributed by atoms with Gasteiger partial charge in [-0.25, -0.2) is 0 Å². The van der Waals surface area contributed by atoms with Gasteiger partial charge in [-0.1, -0.05) is 39.3 Å². The molecule has 5 fully saturated rings. The molecule has 10 unspecified atom stereocenters. The number of furan rings is 1. The molecule has 9 heteroatoms. The standard InChI is InChI=1S/C30H38O9/c1-6-22(31)38-26-20-11-17-18(29(4)21(13-23(32)35-5)28(26,3)15-37-30(20,29)34)7-9-27(2)19(17)12-24(33)39-25(27)16-8-10-36-14-16/h8,10-11,14,18-21,25-26,34H,6-7,9,12-13,15H2,1-5H3. The van der Waals surface area contributed by atoms with E-state index in [2.05, 4.69) is 6.92 Å². The second kappa shape index (κ2) is 8.67. The van der Waals surface area contributed by atoms with Gasteiger partial charge in [0.05, 0.1) is 38.6 Å². The molecule has 0 spiro atoms. The SMILES string of the molecule is CCC(=O)OC1C2C=C3C4CC(=O)OC(c5ccoc5)C4(C)CCC3C3(C)C(CC(=O)OC)C1(C)COC23O. The first kappa shape index (κ1) is 26.6. The van der Waals surface area contributed by atoms with Crippen molar-refractivity contribution in [1.82, 2.24) is 0 Å². The highest BCUT2D eigenvalue weighted by Crippen LogP contribution is 2.74. The molecule has 4 bridgehead atoms. The van der Waals surface area contributed by atoms with Gasteiger partial charge in [-0.15, -0.1) is 0 Å². The number of rotatable bonds is 5. The Morgan fingerprint density at radius 2 is 1.92 bits per heavy atom. The van der Waals surface area contributed by atoms with E-state index in [-0.39, 0.29) is 61.5 Å². The monoisotopic (exact) mass is 542 g/mol. The second-order valence-electron chi connectivity index (χ2n) is 12.8. The van der Waals surface area contributed by atoms with Crippen LogP contribution in [0.25, 0.3) is 0 Å². The highest BCUT2D eigenvalue weighted by molar-refractivity contribution is 5.73. The molecule has 7 rings (SSSR count). The van der Waals surface area contributed by atoms with E-state index in [4.69, 9.17) is 23.4 Å². The number of hydrogen-bond acceptors (Lipinski definition) is 9. The van der Waals surface area contributed by atoms with E-state index >= 15 is 0 Å². The topological polar surface area (TPSA) is 122 Å². The van der Waals surface area contributed by atoms with Gasteiger partial charge in [-0.2, -0.15) is 0 Å². The smallest absolute Gasteiger partial charge is 0.307 e. The fraction of sp³-hybridized carbons (Fsp3) is 0.700. The van der Waals surface area contributed by atoms with Gasteiger partial charge >= 0.3 is 17.9 Å². The Hall–Kier alpha value is -2.65. The maximum absolute atomic E-state index is 13.0. The Kier molecular flexibility index (Phi) is 5.91. The maximum Gasteiger partial charge on any atom is 0.307 e. The van der Waals surface area contributed by atoms with Crippen molar-refractivity contribution in [3.63, 3.8) is 0 Å². The van der Waals surface area contributed by atoms with Crippen molar-refractivity contribution in [2.45, 2.75) is 77.8 Å². The van der Waals surface area contributed by atoms with Crippen molar-refractivity contribution >= 4 is 17.9 Å². The zero-order valence-corrected chi connectivity index (χ0v) is 23.2. The Morgan fingerprint density at radius 3 is 2.59 bits per heavy atom. The van der Waals surface area contributed by atoms with Crippen LogP contribution >= 0.6 is 0 Å². The van der Waals surface area contributed by atoms with Gasteiger partial charge in [-0.05, 0) is 36.7 Å². The molecule has 2 saturated carbocycles. The Morgan fingerprint density at radius 1 is 1.15 bits per heavy atom. The first-order valence-corrected chi connectivity index (χ1v) is 14.0. The van der Waals surface area contributed by atoms with Gasteiger partial charge in [0.25, 0.3) is 0 Å². The first-order valence-electron chi connectivity index (χ1n) is 14.0. The third-order valence-electron chi connectivity index (χ3n) is 11.2. The highest BCUT2D eigenvalue weighted by atomic mass is 16.6. The Labute approximate surface area is 228 Å². The molecule has 0 aromatic carbocycles. The van der Waals surface area contributed by atoms with Crippen molar-refractivity contribution in [3.05, 3.63) is 35.8 Å². The van der Waals surface area contributed by atoms with Crippen LogP contribution < -0.4 is 0 Å². The summed E-state index contributed by atoms with van der Waals surface area (Å²) in [7, 11) is 1.36. The molecule has 212 valence electrons. The lowest BCUT2D eigenvalue weighted by Gasteiger charge is -2.73. The minimum absolute atomic E-state index is 0.0630. The normalized spacial score (nSPS) is 45.9. The molecule has 10 atom stereocenters. The van der Waals surface area contributed by atoms with Crippen LogP contribution in [0.5, 0.6) is 0 Å². The molecule has 6 aliphatic rings. The maximum atomic E-state index is 13.0. The molecule has 39 heavy (non-hydrogen) atoms. The highest BCUT2D eigenvalue weighted by Gasteiger charge is 2.79. The fourth-order valence-electron chi connectivity index (χ4n) is 9.15. The Bertz CT molecular complexity index is 1220. The zero-order valence-electron chi connectivity index (χ0n) is 23.2. The summed E-state index contributed by atoms with van der Waals surface area (Å²) in [4.78, 5) is 38.5. The molecule has 4 heterocycles. The number of aliphatic hydroxyl groups is 1. The summed E-state index contributed by atoms with van der Waals surface area (Å²) in [6, 6.07) is 1.84. The van der Waals surface area contributed by atoms with Crippen molar-refractivity contribution in [3.8, 4) is 0 Å². The zero-order chi connectivity index (χ0) is 28.0. The van der Waals surface area contributed by atoms with E-state index in [9.17, 15) is 19.5 Å². The number of ether oxygens (including phenoxy) is 4. The second-order valence-corrected chi connectivity index (χ2v) is 12.8. The Balaban J connectivity index is 1.52. The summed E-state index contributed by atoms with van der Waals surface area (Å²) in [5.74, 6) is -4.03. The number of carbonyl (C=O) groups is 3. The molecule has 9 nitrogen and oxygen atoms in total. The number of fused-ring (bicyclic) bond motifs is 4. The predicted molar refractivity (Wildman–Crippen MR) is 135 cm³/mol. The first-order chi connectivity index (χ1) is 18.4. The summed E-state index contributed by atoms with van der Waals surface area (Å²) < 4.78 is 28.8. The van der Waals surface area contributed by atoms with Crippen LogP contribution in [0.2, 0.25) is 0 Å². The number of esters is 3. The number of allylic oxidation sites excluding steroid dienone is 1. The van der Waals surface area contributed by atoms with E-state index in [1.165, 1.54) is 7.11 Å². The summed E-state index contributed by atoms with van der Waals surface area (Å²) in [6.45, 7) is 8.06. The average molecular weight is 543 g/mol. The molecular weight excluding hydrogens is 504 g/mol. The number of methoxy groups -OCH3 is 1. The van der Waals surface area contributed by atoms with E-state index < -0.39 is 40.2 Å². The molecule has 1 aromatic heterocycles. The lowest BCUT2D eigenvalue weighted by Crippen LogP contribution is -2.80. The molecule has 3 saturated heterocycles. The van der Waals surface area contributed by atoms with Gasteiger partial charge in [-0.3, -0.25) is 14.4 Å². The van der Waals surface area contributed by atoms with Crippen LogP contribution in [0.4, 0.5) is 0 Å². The van der Waals surface area contributed by atoms with Crippen molar-refractivity contribution < 1.29 is 42.9 Å². The lowest BCUT2D eigenvalue weighted by molar-refractivity contribution is -0.428. The summed E-state index contributed by atoms with van der Waals surface area (Å²) in [5, 5.41) is 12.4. The third-order valence-corrected chi connectivity index (χ3v) is 11.2. The van der Waals surface area contributed by atoms with Gasteiger partial charge in [0.15, 0.2) is 5.79 Å². The quantitative estimate of drug-likeness (QED) is 0.333. The van der Waals surface area contributed by atoms with Crippen LogP contribution in [-0.2, 0) is 33.3 Å². The minimum atomic E-state index is -1.65. The number of hydrogen-bond donors (Lipinski definition) is 1. The van der Waals surface area contributed by atoms with Gasteiger partial charge in [0.1, 0.15) is 12.2 Å². The van der Waals surface area contributed by atoms with E-state index in [0.717, 1.165) is 17.6 Å². The molecule has 1 aromatic rings. The minimum Gasteiger partial charge on any atom is -0.472 e. The van der Waals surface area contributed by atoms with E-state index in [1.807, 2.05) is 26.0 Å². The van der Waals surface area contributed by atoms with Crippen LogP contribution in [-0.4, -0.2) is 48.6 Å². The van der Waals surface area contributed by atoms with Gasteiger partial charge < -0.3 is 28.5 Å². The van der Waals surface area contributed by atoms with Crippen LogP contribution in [0.3, 0.4) is 0 Å². The average Bonchev–Trinajstić information content (AvgIpc) is 3.44. The fourth-order valence-corrected chi connectivity index (χ4v) is 9.15. The van der Waals surface area contributed by atoms with Crippen LogP contribution in [0.1, 0.15) is 71.5 Å². The summed E-state index contributed by atoms with van der Waals surface area (Å²) >= 11 is 0. The van der Waals surface area contributed by atoms with E-state index in [1.54, 1.807) is 19.5 Å². The summed E-state index contributed by atoms with van der Waals surface area (Å²) in [6.07, 6.45) is 6.02. The largest absolute Gasteiger partial charge is 0.472 e.